The van der Waals surface area contributed by atoms with Crippen molar-refractivity contribution < 1.29 is 4.79 Å². The van der Waals surface area contributed by atoms with Crippen molar-refractivity contribution in [1.29, 1.82) is 0 Å². The highest BCUT2D eigenvalue weighted by molar-refractivity contribution is 5.75. The maximum atomic E-state index is 11.8. The third-order valence-corrected chi connectivity index (χ3v) is 4.90. The molecule has 0 unspecified atom stereocenters. The van der Waals surface area contributed by atoms with Crippen LogP contribution in [0.1, 0.15) is 102 Å². The number of hydrogen-bond donors (Lipinski definition) is 1. The summed E-state index contributed by atoms with van der Waals surface area (Å²) in [6.45, 7) is 2.87. The number of nitrogens with zero attached hydrogens (tertiary/aromatic N) is 1. The second kappa shape index (κ2) is 17.8. The van der Waals surface area contributed by atoms with Gasteiger partial charge in [-0.1, -0.05) is 70.4 Å². The van der Waals surface area contributed by atoms with Crippen molar-refractivity contribution in [3.05, 3.63) is 42.2 Å². The Labute approximate surface area is 167 Å². The van der Waals surface area contributed by atoms with Crippen molar-refractivity contribution in [3.8, 4) is 0 Å². The number of carbonyl (C=O) groups is 1. The highest BCUT2D eigenvalue weighted by Gasteiger charge is 2.01. The molecule has 0 saturated carbocycles. The molecule has 0 fully saturated rings. The van der Waals surface area contributed by atoms with Crippen LogP contribution in [0.2, 0.25) is 0 Å². The Morgan fingerprint density at radius 1 is 0.852 bits per heavy atom. The quantitative estimate of drug-likeness (QED) is 0.243. The standard InChI is InChI=1S/C24H40N2O/c1-2-3-4-5-6-7-8-9-10-11-12-13-14-15-16-17-24(27)26-22-23-18-20-25-21-19-23/h9-10,18-21H,2-8,11-17,22H2,1H3,(H,26,27)/b10-9+. The molecule has 0 aliphatic rings. The predicted molar refractivity (Wildman–Crippen MR) is 116 cm³/mol. The molecule has 0 aliphatic heterocycles. The van der Waals surface area contributed by atoms with Crippen LogP contribution in [-0.2, 0) is 11.3 Å². The van der Waals surface area contributed by atoms with Crippen molar-refractivity contribution in [2.45, 2.75) is 103 Å². The van der Waals surface area contributed by atoms with Crippen molar-refractivity contribution >= 4 is 5.91 Å². The van der Waals surface area contributed by atoms with E-state index < -0.39 is 0 Å². The third-order valence-electron chi connectivity index (χ3n) is 4.90. The molecule has 0 saturated heterocycles. The first-order valence-corrected chi connectivity index (χ1v) is 11.1. The van der Waals surface area contributed by atoms with E-state index in [0.717, 1.165) is 18.4 Å². The van der Waals surface area contributed by atoms with Crippen LogP contribution >= 0.6 is 0 Å². The number of unbranched alkanes of at least 4 members (excludes halogenated alkanes) is 11. The highest BCUT2D eigenvalue weighted by atomic mass is 16.1. The van der Waals surface area contributed by atoms with Crippen LogP contribution in [0.3, 0.4) is 0 Å². The van der Waals surface area contributed by atoms with Crippen molar-refractivity contribution in [3.63, 3.8) is 0 Å². The van der Waals surface area contributed by atoms with E-state index in [1.54, 1.807) is 12.4 Å². The molecular weight excluding hydrogens is 332 g/mol. The molecule has 0 atom stereocenters. The molecule has 1 amide bonds. The summed E-state index contributed by atoms with van der Waals surface area (Å²) in [5.74, 6) is 0.157. The smallest absolute Gasteiger partial charge is 0.220 e. The Balaban J connectivity index is 1.82. The molecule has 152 valence electrons. The van der Waals surface area contributed by atoms with E-state index in [2.05, 4.69) is 29.4 Å². The molecule has 0 aliphatic carbocycles. The predicted octanol–water partition coefficient (Wildman–Crippen LogP) is 6.74. The molecule has 27 heavy (non-hydrogen) atoms. The van der Waals surface area contributed by atoms with Gasteiger partial charge in [0.1, 0.15) is 0 Å². The molecule has 1 aromatic heterocycles. The molecule has 1 N–H and O–H groups in total. The number of amides is 1. The second-order valence-electron chi connectivity index (χ2n) is 7.47. The fourth-order valence-corrected chi connectivity index (χ4v) is 3.15. The lowest BCUT2D eigenvalue weighted by Crippen LogP contribution is -2.22. The molecule has 0 aromatic carbocycles. The minimum atomic E-state index is 0.157. The van der Waals surface area contributed by atoms with E-state index in [4.69, 9.17) is 0 Å². The number of nitrogens with one attached hydrogen (secondary N) is 1. The number of allylic oxidation sites excluding steroid dienone is 2. The summed E-state index contributed by atoms with van der Waals surface area (Å²) in [5, 5.41) is 2.97. The van der Waals surface area contributed by atoms with Crippen LogP contribution in [0.25, 0.3) is 0 Å². The fraction of sp³-hybridized carbons (Fsp3) is 0.667. The fourth-order valence-electron chi connectivity index (χ4n) is 3.15. The Hall–Kier alpha value is -1.64. The zero-order valence-corrected chi connectivity index (χ0v) is 17.4. The summed E-state index contributed by atoms with van der Waals surface area (Å²) in [4.78, 5) is 15.8. The van der Waals surface area contributed by atoms with Crippen molar-refractivity contribution in [2.24, 2.45) is 0 Å². The SMILES string of the molecule is CCCCCCCC/C=C/CCCCCCCC(=O)NCc1ccncc1. The Bertz CT molecular complexity index is 484. The number of rotatable bonds is 17. The second-order valence-corrected chi connectivity index (χ2v) is 7.47. The molecule has 3 nitrogen and oxygen atoms in total. The van der Waals surface area contributed by atoms with Crippen molar-refractivity contribution in [2.75, 3.05) is 0 Å². The maximum absolute atomic E-state index is 11.8. The number of carbonyl (C=O) groups excluding carboxylic acids is 1. The van der Waals surface area contributed by atoms with Gasteiger partial charge in [0.15, 0.2) is 0 Å². The maximum Gasteiger partial charge on any atom is 0.220 e. The zero-order chi connectivity index (χ0) is 19.4. The van der Waals surface area contributed by atoms with Gasteiger partial charge >= 0.3 is 0 Å². The normalized spacial score (nSPS) is 11.1. The lowest BCUT2D eigenvalue weighted by atomic mass is 10.1. The summed E-state index contributed by atoms with van der Waals surface area (Å²) in [6.07, 6.45) is 25.6. The first kappa shape index (κ1) is 23.4. The minimum absolute atomic E-state index is 0.157. The first-order valence-electron chi connectivity index (χ1n) is 11.1. The van der Waals surface area contributed by atoms with Crippen molar-refractivity contribution in [1.82, 2.24) is 10.3 Å². The van der Waals surface area contributed by atoms with Gasteiger partial charge in [-0.3, -0.25) is 9.78 Å². The average Bonchev–Trinajstić information content (AvgIpc) is 2.70. The molecule has 1 aromatic rings. The molecular formula is C24H40N2O. The van der Waals surface area contributed by atoms with E-state index in [1.807, 2.05) is 12.1 Å². The summed E-state index contributed by atoms with van der Waals surface area (Å²) in [6, 6.07) is 3.87. The van der Waals surface area contributed by atoms with Gasteiger partial charge in [0.05, 0.1) is 0 Å². The number of hydrogen-bond acceptors (Lipinski definition) is 2. The van der Waals surface area contributed by atoms with Gasteiger partial charge in [0.2, 0.25) is 5.91 Å². The minimum Gasteiger partial charge on any atom is -0.352 e. The van der Waals surface area contributed by atoms with E-state index >= 15 is 0 Å². The number of aromatic nitrogens is 1. The number of pyridine rings is 1. The average molecular weight is 373 g/mol. The molecule has 3 heteroatoms. The van der Waals surface area contributed by atoms with Crippen LogP contribution in [0.4, 0.5) is 0 Å². The largest absolute Gasteiger partial charge is 0.352 e. The van der Waals surface area contributed by atoms with Crippen LogP contribution in [0, 0.1) is 0 Å². The molecule has 0 bridgehead atoms. The molecule has 0 spiro atoms. The Kier molecular flexibility index (Phi) is 15.4. The topological polar surface area (TPSA) is 42.0 Å². The third kappa shape index (κ3) is 15.1. The zero-order valence-electron chi connectivity index (χ0n) is 17.4. The Morgan fingerprint density at radius 2 is 1.41 bits per heavy atom. The lowest BCUT2D eigenvalue weighted by molar-refractivity contribution is -0.121. The summed E-state index contributed by atoms with van der Waals surface area (Å²) in [7, 11) is 0. The van der Waals surface area contributed by atoms with Crippen LogP contribution in [0.5, 0.6) is 0 Å². The lowest BCUT2D eigenvalue weighted by Gasteiger charge is -2.05. The van der Waals surface area contributed by atoms with E-state index in [0.29, 0.717) is 13.0 Å². The van der Waals surface area contributed by atoms with Gasteiger partial charge in [-0.25, -0.2) is 0 Å². The van der Waals surface area contributed by atoms with Crippen LogP contribution in [-0.4, -0.2) is 10.9 Å². The van der Waals surface area contributed by atoms with E-state index in [9.17, 15) is 4.79 Å². The van der Waals surface area contributed by atoms with Gasteiger partial charge in [-0.15, -0.1) is 0 Å². The molecule has 1 heterocycles. The molecule has 0 radical (unpaired) electrons. The van der Waals surface area contributed by atoms with E-state index in [1.165, 1.54) is 70.6 Å². The molecule has 1 rings (SSSR count). The van der Waals surface area contributed by atoms with Crippen LogP contribution in [0.15, 0.2) is 36.7 Å². The van der Waals surface area contributed by atoms with Gasteiger partial charge in [-0.2, -0.15) is 0 Å². The van der Waals surface area contributed by atoms with Gasteiger partial charge in [-0.05, 0) is 49.8 Å². The van der Waals surface area contributed by atoms with Gasteiger partial charge < -0.3 is 5.32 Å². The van der Waals surface area contributed by atoms with E-state index in [-0.39, 0.29) is 5.91 Å². The van der Waals surface area contributed by atoms with Gasteiger partial charge in [0, 0.05) is 25.4 Å². The summed E-state index contributed by atoms with van der Waals surface area (Å²) >= 11 is 0. The summed E-state index contributed by atoms with van der Waals surface area (Å²) < 4.78 is 0. The monoisotopic (exact) mass is 372 g/mol. The first-order chi connectivity index (χ1) is 13.3. The Morgan fingerprint density at radius 3 is 2.04 bits per heavy atom. The highest BCUT2D eigenvalue weighted by Crippen LogP contribution is 2.10. The summed E-state index contributed by atoms with van der Waals surface area (Å²) in [5.41, 5.74) is 1.10. The van der Waals surface area contributed by atoms with Gasteiger partial charge in [0.25, 0.3) is 0 Å². The van der Waals surface area contributed by atoms with Crippen LogP contribution < -0.4 is 5.32 Å².